The standard InChI is InChI=1S/C14H17BrN2/c1-3-8-17(9-4-2)11-14(16)12-6-5-7-13(15)10-12/h3-7,10,16H,1-2,8-9,11H2. The molecular formula is C14H17BrN2. The van der Waals surface area contributed by atoms with Crippen LogP contribution < -0.4 is 0 Å². The zero-order chi connectivity index (χ0) is 12.7. The van der Waals surface area contributed by atoms with Crippen LogP contribution in [0.15, 0.2) is 54.0 Å². The summed E-state index contributed by atoms with van der Waals surface area (Å²) in [5.74, 6) is 0. The zero-order valence-electron chi connectivity index (χ0n) is 9.82. The van der Waals surface area contributed by atoms with Gasteiger partial charge in [0.15, 0.2) is 0 Å². The Morgan fingerprint density at radius 3 is 2.47 bits per heavy atom. The summed E-state index contributed by atoms with van der Waals surface area (Å²) in [4.78, 5) is 2.11. The van der Waals surface area contributed by atoms with Gasteiger partial charge >= 0.3 is 0 Å². The van der Waals surface area contributed by atoms with Crippen molar-refractivity contribution in [3.63, 3.8) is 0 Å². The summed E-state index contributed by atoms with van der Waals surface area (Å²) in [6, 6.07) is 7.82. The maximum atomic E-state index is 8.08. The van der Waals surface area contributed by atoms with Gasteiger partial charge < -0.3 is 5.41 Å². The first-order valence-electron chi connectivity index (χ1n) is 5.45. The van der Waals surface area contributed by atoms with Crippen LogP contribution in [0.4, 0.5) is 0 Å². The molecule has 1 rings (SSSR count). The lowest BCUT2D eigenvalue weighted by Crippen LogP contribution is -2.30. The lowest BCUT2D eigenvalue weighted by Gasteiger charge is -2.19. The molecule has 0 aromatic heterocycles. The second-order valence-corrected chi connectivity index (χ2v) is 4.68. The first kappa shape index (κ1) is 13.9. The van der Waals surface area contributed by atoms with E-state index < -0.39 is 0 Å². The van der Waals surface area contributed by atoms with Crippen molar-refractivity contribution in [2.45, 2.75) is 0 Å². The minimum Gasteiger partial charge on any atom is -0.303 e. The van der Waals surface area contributed by atoms with Gasteiger partial charge in [0.25, 0.3) is 0 Å². The van der Waals surface area contributed by atoms with E-state index in [0.717, 1.165) is 23.1 Å². The number of benzene rings is 1. The zero-order valence-corrected chi connectivity index (χ0v) is 11.4. The highest BCUT2D eigenvalue weighted by molar-refractivity contribution is 9.10. The van der Waals surface area contributed by atoms with E-state index in [2.05, 4.69) is 34.0 Å². The molecular weight excluding hydrogens is 276 g/mol. The van der Waals surface area contributed by atoms with Gasteiger partial charge in [0.05, 0.1) is 5.71 Å². The highest BCUT2D eigenvalue weighted by atomic mass is 79.9. The quantitative estimate of drug-likeness (QED) is 0.604. The summed E-state index contributed by atoms with van der Waals surface area (Å²) in [6.45, 7) is 9.58. The van der Waals surface area contributed by atoms with Gasteiger partial charge in [-0.05, 0) is 17.7 Å². The second kappa shape index (κ2) is 7.20. The molecule has 0 radical (unpaired) electrons. The summed E-state index contributed by atoms with van der Waals surface area (Å²) in [5.41, 5.74) is 1.55. The summed E-state index contributed by atoms with van der Waals surface area (Å²) < 4.78 is 0.999. The first-order valence-corrected chi connectivity index (χ1v) is 6.24. The van der Waals surface area contributed by atoms with Crippen molar-refractivity contribution < 1.29 is 0 Å². The van der Waals surface area contributed by atoms with Crippen molar-refractivity contribution in [1.29, 1.82) is 5.41 Å². The number of hydrogen-bond acceptors (Lipinski definition) is 2. The molecule has 1 N–H and O–H groups in total. The van der Waals surface area contributed by atoms with Crippen molar-refractivity contribution in [3.8, 4) is 0 Å². The van der Waals surface area contributed by atoms with Crippen molar-refractivity contribution in [2.24, 2.45) is 0 Å². The Morgan fingerprint density at radius 1 is 1.29 bits per heavy atom. The minimum absolute atomic E-state index is 0.606. The maximum absolute atomic E-state index is 8.08. The average Bonchev–Trinajstić information content (AvgIpc) is 2.29. The fourth-order valence-electron chi connectivity index (χ4n) is 1.56. The summed E-state index contributed by atoms with van der Waals surface area (Å²) in [6.07, 6.45) is 3.69. The van der Waals surface area contributed by atoms with Crippen molar-refractivity contribution in [2.75, 3.05) is 19.6 Å². The molecule has 0 saturated heterocycles. The Morgan fingerprint density at radius 2 is 1.94 bits per heavy atom. The normalized spacial score (nSPS) is 10.2. The fourth-order valence-corrected chi connectivity index (χ4v) is 1.96. The van der Waals surface area contributed by atoms with Gasteiger partial charge in [-0.2, -0.15) is 0 Å². The maximum Gasteiger partial charge on any atom is 0.0527 e. The van der Waals surface area contributed by atoms with Gasteiger partial charge in [-0.25, -0.2) is 0 Å². The van der Waals surface area contributed by atoms with Gasteiger partial charge in [-0.15, -0.1) is 13.2 Å². The highest BCUT2D eigenvalue weighted by Crippen LogP contribution is 2.12. The lowest BCUT2D eigenvalue weighted by atomic mass is 10.1. The predicted octanol–water partition coefficient (Wildman–Crippen LogP) is 3.49. The van der Waals surface area contributed by atoms with E-state index in [4.69, 9.17) is 5.41 Å². The molecule has 0 amide bonds. The monoisotopic (exact) mass is 292 g/mol. The third-order valence-corrected chi connectivity index (χ3v) is 2.82. The van der Waals surface area contributed by atoms with Gasteiger partial charge in [0.1, 0.15) is 0 Å². The third-order valence-electron chi connectivity index (χ3n) is 2.33. The van der Waals surface area contributed by atoms with Crippen molar-refractivity contribution in [3.05, 3.63) is 59.6 Å². The van der Waals surface area contributed by atoms with Crippen LogP contribution in [0.2, 0.25) is 0 Å². The number of hydrogen-bond donors (Lipinski definition) is 1. The van der Waals surface area contributed by atoms with Crippen LogP contribution in [0.3, 0.4) is 0 Å². The number of halogens is 1. The van der Waals surface area contributed by atoms with Gasteiger partial charge in [0, 0.05) is 24.1 Å². The molecule has 0 fully saturated rings. The molecule has 1 aromatic rings. The van der Waals surface area contributed by atoms with E-state index >= 15 is 0 Å². The summed E-state index contributed by atoms with van der Waals surface area (Å²) in [5, 5.41) is 8.08. The third kappa shape index (κ3) is 4.67. The molecule has 0 aliphatic heterocycles. The van der Waals surface area contributed by atoms with E-state index in [9.17, 15) is 0 Å². The van der Waals surface area contributed by atoms with Crippen LogP contribution in [0.5, 0.6) is 0 Å². The molecule has 0 spiro atoms. The molecule has 0 aliphatic rings. The van der Waals surface area contributed by atoms with Gasteiger partial charge in [-0.1, -0.05) is 40.2 Å². The van der Waals surface area contributed by atoms with E-state index in [0.29, 0.717) is 12.3 Å². The van der Waals surface area contributed by atoms with Crippen LogP contribution in [-0.2, 0) is 0 Å². The smallest absolute Gasteiger partial charge is 0.0527 e. The molecule has 0 saturated carbocycles. The van der Waals surface area contributed by atoms with E-state index in [1.165, 1.54) is 0 Å². The minimum atomic E-state index is 0.606. The van der Waals surface area contributed by atoms with Crippen LogP contribution in [0, 0.1) is 5.41 Å². The number of nitrogens with one attached hydrogen (secondary N) is 1. The summed E-state index contributed by atoms with van der Waals surface area (Å²) >= 11 is 3.42. The molecule has 2 nitrogen and oxygen atoms in total. The van der Waals surface area contributed by atoms with Gasteiger partial charge in [0.2, 0.25) is 0 Å². The number of rotatable bonds is 7. The Balaban J connectivity index is 2.69. The predicted molar refractivity (Wildman–Crippen MR) is 77.8 cm³/mol. The Hall–Kier alpha value is -1.19. The van der Waals surface area contributed by atoms with Crippen LogP contribution >= 0.6 is 15.9 Å². The topological polar surface area (TPSA) is 27.1 Å². The van der Waals surface area contributed by atoms with Crippen molar-refractivity contribution >= 4 is 21.6 Å². The van der Waals surface area contributed by atoms with E-state index in [-0.39, 0.29) is 0 Å². The molecule has 0 atom stereocenters. The van der Waals surface area contributed by atoms with E-state index in [1.807, 2.05) is 36.4 Å². The van der Waals surface area contributed by atoms with Crippen LogP contribution in [0.1, 0.15) is 5.56 Å². The van der Waals surface area contributed by atoms with E-state index in [1.54, 1.807) is 0 Å². The molecule has 90 valence electrons. The molecule has 0 heterocycles. The SMILES string of the molecule is C=CCN(CC=C)CC(=N)c1cccc(Br)c1. The van der Waals surface area contributed by atoms with Gasteiger partial charge in [-0.3, -0.25) is 4.90 Å². The average molecular weight is 293 g/mol. The second-order valence-electron chi connectivity index (χ2n) is 3.76. The fraction of sp³-hybridized carbons (Fsp3) is 0.214. The molecule has 1 aromatic carbocycles. The van der Waals surface area contributed by atoms with Crippen LogP contribution in [0.25, 0.3) is 0 Å². The Labute approximate surface area is 111 Å². The molecule has 0 bridgehead atoms. The Bertz CT molecular complexity index is 402. The highest BCUT2D eigenvalue weighted by Gasteiger charge is 2.07. The number of nitrogens with zero attached hydrogens (tertiary/aromatic N) is 1. The molecule has 0 aliphatic carbocycles. The molecule has 3 heteroatoms. The van der Waals surface area contributed by atoms with Crippen LogP contribution in [-0.4, -0.2) is 30.2 Å². The lowest BCUT2D eigenvalue weighted by molar-refractivity contribution is 0.383. The molecule has 0 unspecified atom stereocenters. The van der Waals surface area contributed by atoms with Crippen molar-refractivity contribution in [1.82, 2.24) is 4.90 Å². The Kier molecular flexibility index (Phi) is 5.87. The summed E-state index contributed by atoms with van der Waals surface area (Å²) in [7, 11) is 0. The molecule has 17 heavy (non-hydrogen) atoms. The largest absolute Gasteiger partial charge is 0.303 e. The first-order chi connectivity index (χ1) is 8.17.